The Morgan fingerprint density at radius 1 is 1.14 bits per heavy atom. The van der Waals surface area contributed by atoms with Gasteiger partial charge in [0.1, 0.15) is 0 Å². The molecule has 0 aromatic carbocycles. The first kappa shape index (κ1) is 16.8. The Balaban J connectivity index is 1.63. The van der Waals surface area contributed by atoms with Gasteiger partial charge in [-0.05, 0) is 51.4 Å². The lowest BCUT2D eigenvalue weighted by atomic mass is 9.79. The van der Waals surface area contributed by atoms with Gasteiger partial charge in [-0.3, -0.25) is 4.79 Å². The fourth-order valence-electron chi connectivity index (χ4n) is 3.97. The average Bonchev–Trinajstić information content (AvgIpc) is 2.51. The number of hydrogen-bond acceptors (Lipinski definition) is 2. The molecule has 2 rings (SSSR count). The van der Waals surface area contributed by atoms with Crippen molar-refractivity contribution >= 4 is 5.91 Å². The van der Waals surface area contributed by atoms with Gasteiger partial charge in [0.05, 0.1) is 0 Å². The predicted octanol–water partition coefficient (Wildman–Crippen LogP) is 3.63. The lowest BCUT2D eigenvalue weighted by Gasteiger charge is -2.31. The van der Waals surface area contributed by atoms with Crippen molar-refractivity contribution in [2.75, 3.05) is 6.54 Å². The molecule has 3 heteroatoms. The maximum atomic E-state index is 12.3. The third-order valence-corrected chi connectivity index (χ3v) is 5.42. The van der Waals surface area contributed by atoms with E-state index in [-0.39, 0.29) is 5.92 Å². The first-order chi connectivity index (χ1) is 10.2. The Morgan fingerprint density at radius 3 is 2.57 bits per heavy atom. The van der Waals surface area contributed by atoms with Crippen LogP contribution in [-0.2, 0) is 4.79 Å². The first-order valence-electron chi connectivity index (χ1n) is 9.22. The van der Waals surface area contributed by atoms with Crippen molar-refractivity contribution in [2.24, 2.45) is 11.8 Å². The number of hydrogen-bond donors (Lipinski definition) is 2. The molecular weight excluding hydrogens is 260 g/mol. The summed E-state index contributed by atoms with van der Waals surface area (Å²) in [5.41, 5.74) is 0. The maximum Gasteiger partial charge on any atom is 0.223 e. The summed E-state index contributed by atoms with van der Waals surface area (Å²) in [4.78, 5) is 12.3. The van der Waals surface area contributed by atoms with Crippen molar-refractivity contribution in [1.82, 2.24) is 10.6 Å². The molecular formula is C18H34N2O. The highest BCUT2D eigenvalue weighted by Crippen LogP contribution is 2.31. The molecule has 122 valence electrons. The topological polar surface area (TPSA) is 41.1 Å². The zero-order valence-corrected chi connectivity index (χ0v) is 14.0. The highest BCUT2D eigenvalue weighted by atomic mass is 16.1. The standard InChI is InChI=1S/C18H34N2O/c1-3-4-7-15-9-11-16(12-10-15)18(21)19-13-17-8-5-6-14(2)20-17/h14-17,20H,3-13H2,1-2H3,(H,19,21). The summed E-state index contributed by atoms with van der Waals surface area (Å²) in [6.07, 6.45) is 12.5. The van der Waals surface area contributed by atoms with Gasteiger partial charge in [0.2, 0.25) is 5.91 Å². The molecule has 1 aliphatic carbocycles. The van der Waals surface area contributed by atoms with Crippen LogP contribution in [-0.4, -0.2) is 24.5 Å². The maximum absolute atomic E-state index is 12.3. The number of rotatable bonds is 6. The molecule has 3 nitrogen and oxygen atoms in total. The van der Waals surface area contributed by atoms with Crippen LogP contribution in [0.4, 0.5) is 0 Å². The van der Waals surface area contributed by atoms with Crippen molar-refractivity contribution in [3.05, 3.63) is 0 Å². The Kier molecular flexibility index (Phi) is 7.01. The van der Waals surface area contributed by atoms with Gasteiger partial charge in [-0.1, -0.05) is 32.6 Å². The van der Waals surface area contributed by atoms with Crippen molar-refractivity contribution in [3.8, 4) is 0 Å². The zero-order valence-electron chi connectivity index (χ0n) is 14.0. The van der Waals surface area contributed by atoms with E-state index in [1.54, 1.807) is 0 Å². The van der Waals surface area contributed by atoms with Crippen LogP contribution in [0, 0.1) is 11.8 Å². The molecule has 2 N–H and O–H groups in total. The minimum Gasteiger partial charge on any atom is -0.354 e. The summed E-state index contributed by atoms with van der Waals surface area (Å²) in [5.74, 6) is 1.47. The average molecular weight is 294 g/mol. The van der Waals surface area contributed by atoms with Gasteiger partial charge in [-0.15, -0.1) is 0 Å². The molecule has 1 saturated carbocycles. The molecule has 0 bridgehead atoms. The van der Waals surface area contributed by atoms with E-state index in [4.69, 9.17) is 0 Å². The van der Waals surface area contributed by atoms with Gasteiger partial charge in [0, 0.05) is 24.5 Å². The fourth-order valence-corrected chi connectivity index (χ4v) is 3.97. The van der Waals surface area contributed by atoms with E-state index in [0.717, 1.165) is 25.3 Å². The van der Waals surface area contributed by atoms with Gasteiger partial charge in [0.15, 0.2) is 0 Å². The molecule has 2 aliphatic rings. The first-order valence-corrected chi connectivity index (χ1v) is 9.22. The summed E-state index contributed by atoms with van der Waals surface area (Å²) in [6.45, 7) is 5.32. The predicted molar refractivity (Wildman–Crippen MR) is 88.2 cm³/mol. The number of nitrogens with one attached hydrogen (secondary N) is 2. The second-order valence-corrected chi connectivity index (χ2v) is 7.30. The summed E-state index contributed by atoms with van der Waals surface area (Å²) in [7, 11) is 0. The van der Waals surface area contributed by atoms with Crippen LogP contribution in [0.2, 0.25) is 0 Å². The molecule has 2 fully saturated rings. The Bertz CT molecular complexity index is 310. The third kappa shape index (κ3) is 5.61. The second-order valence-electron chi connectivity index (χ2n) is 7.30. The Labute approximate surface area is 130 Å². The van der Waals surface area contributed by atoms with Crippen LogP contribution in [0.15, 0.2) is 0 Å². The zero-order chi connectivity index (χ0) is 15.1. The van der Waals surface area contributed by atoms with Gasteiger partial charge in [0.25, 0.3) is 0 Å². The lowest BCUT2D eigenvalue weighted by Crippen LogP contribution is -2.48. The quantitative estimate of drug-likeness (QED) is 0.785. The van der Waals surface area contributed by atoms with E-state index in [1.807, 2.05) is 0 Å². The van der Waals surface area contributed by atoms with E-state index in [1.165, 1.54) is 51.4 Å². The van der Waals surface area contributed by atoms with Crippen molar-refractivity contribution in [3.63, 3.8) is 0 Å². The van der Waals surface area contributed by atoms with E-state index in [0.29, 0.717) is 18.0 Å². The van der Waals surface area contributed by atoms with E-state index >= 15 is 0 Å². The monoisotopic (exact) mass is 294 g/mol. The Morgan fingerprint density at radius 2 is 1.90 bits per heavy atom. The minimum atomic E-state index is 0.281. The van der Waals surface area contributed by atoms with E-state index in [2.05, 4.69) is 24.5 Å². The summed E-state index contributed by atoms with van der Waals surface area (Å²) >= 11 is 0. The van der Waals surface area contributed by atoms with Gasteiger partial charge < -0.3 is 10.6 Å². The molecule has 0 aromatic rings. The molecule has 2 unspecified atom stereocenters. The van der Waals surface area contributed by atoms with E-state index < -0.39 is 0 Å². The largest absolute Gasteiger partial charge is 0.354 e. The molecule has 2 atom stereocenters. The summed E-state index contributed by atoms with van der Waals surface area (Å²) in [5, 5.41) is 6.79. The van der Waals surface area contributed by atoms with Crippen LogP contribution < -0.4 is 10.6 Å². The molecule has 21 heavy (non-hydrogen) atoms. The van der Waals surface area contributed by atoms with Crippen molar-refractivity contribution in [1.29, 1.82) is 0 Å². The molecule has 1 aliphatic heterocycles. The highest BCUT2D eigenvalue weighted by Gasteiger charge is 2.26. The number of carbonyl (C=O) groups excluding carboxylic acids is 1. The SMILES string of the molecule is CCCCC1CCC(C(=O)NCC2CCCC(C)N2)CC1. The van der Waals surface area contributed by atoms with Crippen LogP contribution >= 0.6 is 0 Å². The number of unbranched alkanes of at least 4 members (excludes halogenated alkanes) is 1. The Hall–Kier alpha value is -0.570. The number of amides is 1. The molecule has 0 spiro atoms. The van der Waals surface area contributed by atoms with Crippen molar-refractivity contribution < 1.29 is 4.79 Å². The van der Waals surface area contributed by atoms with Gasteiger partial charge in [-0.25, -0.2) is 0 Å². The highest BCUT2D eigenvalue weighted by molar-refractivity contribution is 5.78. The molecule has 0 aromatic heterocycles. The van der Waals surface area contributed by atoms with Gasteiger partial charge >= 0.3 is 0 Å². The molecule has 1 amide bonds. The van der Waals surface area contributed by atoms with Crippen LogP contribution in [0.25, 0.3) is 0 Å². The van der Waals surface area contributed by atoms with Crippen LogP contribution in [0.1, 0.15) is 78.1 Å². The van der Waals surface area contributed by atoms with E-state index in [9.17, 15) is 4.79 Å². The van der Waals surface area contributed by atoms with Crippen LogP contribution in [0.3, 0.4) is 0 Å². The number of carbonyl (C=O) groups is 1. The normalized spacial score (nSPS) is 33.6. The molecule has 0 radical (unpaired) electrons. The van der Waals surface area contributed by atoms with Crippen molar-refractivity contribution in [2.45, 2.75) is 90.1 Å². The smallest absolute Gasteiger partial charge is 0.223 e. The number of piperidine rings is 1. The molecule has 1 saturated heterocycles. The van der Waals surface area contributed by atoms with Gasteiger partial charge in [-0.2, -0.15) is 0 Å². The summed E-state index contributed by atoms with van der Waals surface area (Å²) < 4.78 is 0. The fraction of sp³-hybridized carbons (Fsp3) is 0.944. The minimum absolute atomic E-state index is 0.281. The third-order valence-electron chi connectivity index (χ3n) is 5.42. The van der Waals surface area contributed by atoms with Crippen LogP contribution in [0.5, 0.6) is 0 Å². The summed E-state index contributed by atoms with van der Waals surface area (Å²) in [6, 6.07) is 1.09. The molecule has 1 heterocycles. The second kappa shape index (κ2) is 8.77. The lowest BCUT2D eigenvalue weighted by molar-refractivity contribution is -0.126.